The molecule has 0 aliphatic heterocycles. The minimum atomic E-state index is -0.398. The summed E-state index contributed by atoms with van der Waals surface area (Å²) < 4.78 is 12.1. The third-order valence-corrected chi connectivity index (χ3v) is 11.4. The van der Waals surface area contributed by atoms with Gasteiger partial charge in [-0.05, 0) is 152 Å². The van der Waals surface area contributed by atoms with Crippen LogP contribution < -0.4 is 4.74 Å². The van der Waals surface area contributed by atoms with Crippen LogP contribution in [0.1, 0.15) is 76.8 Å². The van der Waals surface area contributed by atoms with E-state index < -0.39 is 5.97 Å². The largest absolute Gasteiger partial charge is 0.458 e. The summed E-state index contributed by atoms with van der Waals surface area (Å²) in [5.74, 6) is 1.37. The van der Waals surface area contributed by atoms with Crippen LogP contribution in [0.3, 0.4) is 0 Å². The van der Waals surface area contributed by atoms with Gasteiger partial charge in [-0.2, -0.15) is 20.5 Å². The highest BCUT2D eigenvalue weighted by molar-refractivity contribution is 5.91. The van der Waals surface area contributed by atoms with Crippen molar-refractivity contribution >= 4 is 34.7 Å². The minimum Gasteiger partial charge on any atom is -0.458 e. The molecule has 5 atom stereocenters. The summed E-state index contributed by atoms with van der Waals surface area (Å²) in [6.07, 6.45) is 5.92. The molecule has 0 saturated heterocycles. The molecule has 5 unspecified atom stereocenters. The lowest BCUT2D eigenvalue weighted by molar-refractivity contribution is -0.0427. The highest BCUT2D eigenvalue weighted by atomic mass is 16.5. The van der Waals surface area contributed by atoms with Crippen molar-refractivity contribution in [3.05, 3.63) is 150 Å². The van der Waals surface area contributed by atoms with Gasteiger partial charge in [-0.15, -0.1) is 0 Å². The van der Waals surface area contributed by atoms with Gasteiger partial charge in [-0.1, -0.05) is 49.4 Å². The number of azo groups is 2. The van der Waals surface area contributed by atoms with Crippen molar-refractivity contribution in [1.29, 1.82) is 0 Å². The van der Waals surface area contributed by atoms with Gasteiger partial charge in [-0.3, -0.25) is 0 Å². The Morgan fingerprint density at radius 2 is 1.17 bits per heavy atom. The predicted molar refractivity (Wildman–Crippen MR) is 199 cm³/mol. The van der Waals surface area contributed by atoms with Gasteiger partial charge in [0.2, 0.25) is 0 Å². The zero-order valence-electron chi connectivity index (χ0n) is 29.1. The van der Waals surface area contributed by atoms with Crippen molar-refractivity contribution < 1.29 is 19.1 Å². The molecule has 0 bridgehead atoms. The molecule has 3 aliphatic carbocycles. The fourth-order valence-electron chi connectivity index (χ4n) is 8.68. The van der Waals surface area contributed by atoms with Crippen molar-refractivity contribution in [2.75, 3.05) is 0 Å². The number of ether oxygens (including phenoxy) is 2. The summed E-state index contributed by atoms with van der Waals surface area (Å²) in [4.78, 5) is 26.4. The third-order valence-electron chi connectivity index (χ3n) is 11.4. The molecule has 5 aromatic rings. The lowest BCUT2D eigenvalue weighted by atomic mass is 9.55. The van der Waals surface area contributed by atoms with Crippen LogP contribution in [0.4, 0.5) is 22.7 Å². The molecule has 2 saturated carbocycles. The molecule has 52 heavy (non-hydrogen) atoms. The average Bonchev–Trinajstić information content (AvgIpc) is 3.52. The number of benzene rings is 5. The summed E-state index contributed by atoms with van der Waals surface area (Å²) in [6.45, 7) is 2.34. The van der Waals surface area contributed by atoms with Crippen LogP contribution in [-0.2, 0) is 11.2 Å². The first-order valence-electron chi connectivity index (χ1n) is 18.1. The van der Waals surface area contributed by atoms with Crippen LogP contribution in [0, 0.1) is 17.3 Å². The van der Waals surface area contributed by atoms with Crippen LogP contribution in [0.25, 0.3) is 0 Å². The minimum absolute atomic E-state index is 0.0495. The van der Waals surface area contributed by atoms with E-state index in [0.717, 1.165) is 49.9 Å². The second kappa shape index (κ2) is 14.5. The average molecular weight is 689 g/mol. The Bertz CT molecular complexity index is 2120. The van der Waals surface area contributed by atoms with Gasteiger partial charge in [0.05, 0.1) is 33.9 Å². The van der Waals surface area contributed by atoms with E-state index in [2.05, 4.69) is 33.4 Å². The highest BCUT2D eigenvalue weighted by Gasteiger charge is 2.56. The number of carbonyl (C=O) groups is 2. The summed E-state index contributed by atoms with van der Waals surface area (Å²) >= 11 is 0. The number of hydrogen-bond acceptors (Lipinski definition) is 8. The molecule has 0 heterocycles. The molecular weight excluding hydrogens is 649 g/mol. The third kappa shape index (κ3) is 6.93. The van der Waals surface area contributed by atoms with E-state index in [9.17, 15) is 9.59 Å². The number of nitrogens with zero attached hydrogens (tertiary/aromatic N) is 4. The molecule has 8 heteroatoms. The Hall–Kier alpha value is -5.76. The van der Waals surface area contributed by atoms with E-state index in [4.69, 9.17) is 9.47 Å². The highest BCUT2D eigenvalue weighted by Crippen LogP contribution is 2.61. The molecular formula is C44H40N4O4. The maximum absolute atomic E-state index is 13.3. The van der Waals surface area contributed by atoms with Crippen LogP contribution in [0.5, 0.6) is 5.75 Å². The van der Waals surface area contributed by atoms with Gasteiger partial charge < -0.3 is 9.47 Å². The lowest BCUT2D eigenvalue weighted by Gasteiger charge is -2.50. The second-order valence-corrected chi connectivity index (χ2v) is 14.3. The van der Waals surface area contributed by atoms with E-state index in [-0.39, 0.29) is 17.5 Å². The van der Waals surface area contributed by atoms with Gasteiger partial charge >= 0.3 is 11.9 Å². The van der Waals surface area contributed by atoms with Gasteiger partial charge in [0.25, 0.3) is 0 Å². The van der Waals surface area contributed by atoms with Crippen molar-refractivity contribution in [3.63, 3.8) is 0 Å². The fourth-order valence-corrected chi connectivity index (χ4v) is 8.68. The second-order valence-electron chi connectivity index (χ2n) is 14.3. The van der Waals surface area contributed by atoms with Crippen molar-refractivity contribution in [3.8, 4) is 5.75 Å². The van der Waals surface area contributed by atoms with Gasteiger partial charge in [-0.25, -0.2) is 9.59 Å². The van der Waals surface area contributed by atoms with Crippen molar-refractivity contribution in [2.24, 2.45) is 37.7 Å². The Morgan fingerprint density at radius 1 is 0.615 bits per heavy atom. The molecule has 2 fully saturated rings. The maximum Gasteiger partial charge on any atom is 0.343 e. The topological polar surface area (TPSA) is 102 Å². The summed E-state index contributed by atoms with van der Waals surface area (Å²) in [5, 5.41) is 17.0. The number of carbonyl (C=O) groups excluding carboxylic acids is 2. The van der Waals surface area contributed by atoms with Gasteiger partial charge in [0.15, 0.2) is 0 Å². The zero-order chi connectivity index (χ0) is 35.5. The Morgan fingerprint density at radius 3 is 1.77 bits per heavy atom. The van der Waals surface area contributed by atoms with Gasteiger partial charge in [0, 0.05) is 5.41 Å². The van der Waals surface area contributed by atoms with E-state index in [1.807, 2.05) is 72.8 Å². The molecule has 8 nitrogen and oxygen atoms in total. The molecule has 260 valence electrons. The van der Waals surface area contributed by atoms with Crippen LogP contribution in [0.2, 0.25) is 0 Å². The number of esters is 2. The quantitative estimate of drug-likeness (QED) is 0.0919. The number of hydrogen-bond donors (Lipinski definition) is 0. The van der Waals surface area contributed by atoms with E-state index >= 15 is 0 Å². The summed E-state index contributed by atoms with van der Waals surface area (Å²) in [7, 11) is 0. The first kappa shape index (κ1) is 33.4. The number of fused-ring (bicyclic) bond motifs is 5. The zero-order valence-corrected chi connectivity index (χ0v) is 29.1. The Kier molecular flexibility index (Phi) is 9.29. The Labute approximate surface area is 303 Å². The molecule has 0 aromatic heterocycles. The van der Waals surface area contributed by atoms with Crippen LogP contribution in [0.15, 0.2) is 148 Å². The number of rotatable bonds is 8. The normalized spacial score (nSPS) is 23.5. The summed E-state index contributed by atoms with van der Waals surface area (Å²) in [6, 6.07) is 39.3. The van der Waals surface area contributed by atoms with E-state index in [1.54, 1.807) is 48.5 Å². The Balaban J connectivity index is 0.881. The molecule has 0 amide bonds. The molecule has 8 rings (SSSR count). The molecule has 0 radical (unpaired) electrons. The molecule has 0 N–H and O–H groups in total. The summed E-state index contributed by atoms with van der Waals surface area (Å²) in [5.41, 5.74) is 6.46. The fraction of sp³-hybridized carbons (Fsp3) is 0.273. The van der Waals surface area contributed by atoms with E-state index in [1.165, 1.54) is 11.1 Å². The smallest absolute Gasteiger partial charge is 0.343 e. The molecule has 0 spiro atoms. The van der Waals surface area contributed by atoms with Crippen LogP contribution in [-0.4, -0.2) is 18.0 Å². The van der Waals surface area contributed by atoms with Gasteiger partial charge in [0.1, 0.15) is 11.9 Å². The van der Waals surface area contributed by atoms with Crippen molar-refractivity contribution in [2.45, 2.75) is 57.5 Å². The predicted octanol–water partition coefficient (Wildman–Crippen LogP) is 11.8. The SMILES string of the molecule is CC12CCC3c4ccc(OC(=O)c5ccc(N=Nc6ccccc6)cc5)cc4CCC3C1CCC2OC(=O)c1ccc(N=Nc2ccccc2)cc1. The van der Waals surface area contributed by atoms with Crippen LogP contribution >= 0.6 is 0 Å². The standard InChI is InChI=1S/C44H40N4O4/c1-44-27-26-38-37-23-21-36(51-42(49)29-12-17-34(18-13-29)47-45-32-8-4-2-5-9-32)28-31(37)16-22-39(38)40(44)24-25-41(44)52-43(50)30-14-19-35(20-15-30)48-46-33-10-6-3-7-11-33/h2-15,17-21,23,28,38-41H,16,22,24-27H2,1H3. The molecule has 5 aromatic carbocycles. The first-order chi connectivity index (χ1) is 25.4. The van der Waals surface area contributed by atoms with Crippen molar-refractivity contribution in [1.82, 2.24) is 0 Å². The number of aryl methyl sites for hydroxylation is 1. The van der Waals surface area contributed by atoms with E-state index in [0.29, 0.717) is 46.0 Å². The lowest BCUT2D eigenvalue weighted by Crippen LogP contribution is -2.45. The monoisotopic (exact) mass is 688 g/mol. The molecule has 3 aliphatic rings. The first-order valence-corrected chi connectivity index (χ1v) is 18.1. The maximum atomic E-state index is 13.3.